The van der Waals surface area contributed by atoms with Crippen LogP contribution in [-0.4, -0.2) is 77.7 Å². The number of ether oxygens (including phenoxy) is 2. The lowest BCUT2D eigenvalue weighted by Gasteiger charge is -2.28. The Labute approximate surface area is 211 Å². The molecule has 1 aliphatic heterocycles. The van der Waals surface area contributed by atoms with Crippen molar-refractivity contribution in [3.63, 3.8) is 0 Å². The fourth-order valence-corrected chi connectivity index (χ4v) is 5.78. The zero-order chi connectivity index (χ0) is 25.7. The number of esters is 1. The number of carbonyl (C=O) groups is 1. The van der Waals surface area contributed by atoms with Crippen molar-refractivity contribution in [2.45, 2.75) is 32.6 Å². The Morgan fingerprint density at radius 2 is 1.67 bits per heavy atom. The summed E-state index contributed by atoms with van der Waals surface area (Å²) in [5, 5.41) is 8.47. The molecule has 0 spiro atoms. The second-order valence-corrected chi connectivity index (χ2v) is 10.9. The molecule has 4 rings (SSSR count). The van der Waals surface area contributed by atoms with Gasteiger partial charge in [-0.3, -0.25) is 9.69 Å². The van der Waals surface area contributed by atoms with Gasteiger partial charge >= 0.3 is 5.97 Å². The first-order valence-electron chi connectivity index (χ1n) is 11.6. The number of benzene rings is 2. The van der Waals surface area contributed by atoms with E-state index in [9.17, 15) is 13.2 Å². The van der Waals surface area contributed by atoms with Crippen molar-refractivity contribution in [2.75, 3.05) is 33.1 Å². The highest BCUT2D eigenvalue weighted by Crippen LogP contribution is 2.21. The third kappa shape index (κ3) is 6.28. The van der Waals surface area contributed by atoms with E-state index in [1.165, 1.54) is 11.4 Å². The third-order valence-electron chi connectivity index (χ3n) is 6.21. The number of rotatable bonds is 8. The molecule has 36 heavy (non-hydrogen) atoms. The number of aromatic nitrogens is 3. The van der Waals surface area contributed by atoms with E-state index < -0.39 is 22.0 Å². The second-order valence-electron chi connectivity index (χ2n) is 8.88. The molecule has 1 unspecified atom stereocenters. The third-order valence-corrected chi connectivity index (χ3v) is 8.01. The molecule has 11 heteroatoms. The van der Waals surface area contributed by atoms with Crippen molar-refractivity contribution in [1.82, 2.24) is 24.2 Å². The molecule has 2 heterocycles. The summed E-state index contributed by atoms with van der Waals surface area (Å²) in [6, 6.07) is 14.3. The van der Waals surface area contributed by atoms with Crippen LogP contribution < -0.4 is 4.74 Å². The number of carbonyl (C=O) groups excluding carboxylic acids is 1. The second kappa shape index (κ2) is 11.2. The summed E-state index contributed by atoms with van der Waals surface area (Å²) in [4.78, 5) is 14.6. The molecule has 0 amide bonds. The summed E-state index contributed by atoms with van der Waals surface area (Å²) < 4.78 is 39.6. The van der Waals surface area contributed by atoms with Crippen LogP contribution in [0, 0.1) is 6.92 Å². The molecule has 1 atom stereocenters. The largest absolute Gasteiger partial charge is 0.497 e. The Balaban J connectivity index is 1.48. The first kappa shape index (κ1) is 25.8. The van der Waals surface area contributed by atoms with Crippen LogP contribution in [0.1, 0.15) is 22.4 Å². The fraction of sp³-hybridized carbons (Fsp3) is 0.400. The molecule has 1 fully saturated rings. The van der Waals surface area contributed by atoms with Gasteiger partial charge in [0.2, 0.25) is 10.0 Å². The van der Waals surface area contributed by atoms with Gasteiger partial charge in [0.15, 0.2) is 0 Å². The summed E-state index contributed by atoms with van der Waals surface area (Å²) >= 11 is 0. The zero-order valence-electron chi connectivity index (χ0n) is 20.7. The van der Waals surface area contributed by atoms with Crippen molar-refractivity contribution in [2.24, 2.45) is 0 Å². The summed E-state index contributed by atoms with van der Waals surface area (Å²) in [6.07, 6.45) is 1.83. The molecule has 10 nitrogen and oxygen atoms in total. The van der Waals surface area contributed by atoms with Gasteiger partial charge in [-0.05, 0) is 30.2 Å². The van der Waals surface area contributed by atoms with E-state index in [2.05, 4.69) is 10.3 Å². The van der Waals surface area contributed by atoms with Crippen LogP contribution in [0.2, 0.25) is 0 Å². The lowest BCUT2D eigenvalue weighted by molar-refractivity contribution is -0.145. The Kier molecular flexibility index (Phi) is 8.02. The first-order valence-corrected chi connectivity index (χ1v) is 13.3. The van der Waals surface area contributed by atoms with Crippen LogP contribution in [0.5, 0.6) is 5.75 Å². The van der Waals surface area contributed by atoms with Crippen LogP contribution in [0.15, 0.2) is 54.7 Å². The number of methoxy groups -OCH3 is 2. The van der Waals surface area contributed by atoms with Crippen LogP contribution in [-0.2, 0) is 39.2 Å². The predicted molar refractivity (Wildman–Crippen MR) is 134 cm³/mol. The monoisotopic (exact) mass is 513 g/mol. The SMILES string of the molecule is COC(=O)C1CN(Cc2cn(Cc3ccc(OC)cc3)nn2)CCS(=O)(=O)N1Cc1ccc(C)cc1. The van der Waals surface area contributed by atoms with Gasteiger partial charge in [-0.25, -0.2) is 13.1 Å². The van der Waals surface area contributed by atoms with Gasteiger partial charge in [0.25, 0.3) is 0 Å². The molecule has 0 bridgehead atoms. The van der Waals surface area contributed by atoms with E-state index in [4.69, 9.17) is 9.47 Å². The normalized spacial score (nSPS) is 18.5. The summed E-state index contributed by atoms with van der Waals surface area (Å²) in [5.41, 5.74) is 3.63. The van der Waals surface area contributed by atoms with E-state index >= 15 is 0 Å². The maximum absolute atomic E-state index is 13.2. The van der Waals surface area contributed by atoms with Crippen LogP contribution >= 0.6 is 0 Å². The van der Waals surface area contributed by atoms with Crippen LogP contribution in [0.3, 0.4) is 0 Å². The van der Waals surface area contributed by atoms with Gasteiger partial charge in [0.1, 0.15) is 11.8 Å². The highest BCUT2D eigenvalue weighted by molar-refractivity contribution is 7.89. The van der Waals surface area contributed by atoms with Gasteiger partial charge in [-0.15, -0.1) is 5.10 Å². The molecule has 0 saturated carbocycles. The van der Waals surface area contributed by atoms with E-state index in [0.29, 0.717) is 18.8 Å². The molecule has 2 aromatic carbocycles. The molecular formula is C25H31N5O5S. The van der Waals surface area contributed by atoms with E-state index in [1.54, 1.807) is 11.8 Å². The van der Waals surface area contributed by atoms with Crippen molar-refractivity contribution in [1.29, 1.82) is 0 Å². The quantitative estimate of drug-likeness (QED) is 0.420. The molecule has 0 N–H and O–H groups in total. The lowest BCUT2D eigenvalue weighted by atomic mass is 10.1. The Hall–Kier alpha value is -3.28. The van der Waals surface area contributed by atoms with Crippen molar-refractivity contribution >= 4 is 16.0 Å². The smallest absolute Gasteiger partial charge is 0.325 e. The first-order chi connectivity index (χ1) is 17.3. The number of nitrogens with zero attached hydrogens (tertiary/aromatic N) is 5. The summed E-state index contributed by atoms with van der Waals surface area (Å²) in [7, 11) is -0.799. The molecule has 1 saturated heterocycles. The van der Waals surface area contributed by atoms with Crippen LogP contribution in [0.4, 0.5) is 0 Å². The predicted octanol–water partition coefficient (Wildman–Crippen LogP) is 1.83. The number of hydrogen-bond acceptors (Lipinski definition) is 8. The molecule has 0 aliphatic carbocycles. The minimum absolute atomic E-state index is 0.105. The average molecular weight is 514 g/mol. The van der Waals surface area contributed by atoms with Gasteiger partial charge in [0, 0.05) is 26.2 Å². The lowest BCUT2D eigenvalue weighted by Crippen LogP contribution is -2.48. The maximum Gasteiger partial charge on any atom is 0.325 e. The number of aryl methyl sites for hydroxylation is 1. The van der Waals surface area contributed by atoms with E-state index in [0.717, 1.165) is 22.4 Å². The average Bonchev–Trinajstić information content (AvgIpc) is 3.27. The molecule has 192 valence electrons. The van der Waals surface area contributed by atoms with Gasteiger partial charge in [-0.1, -0.05) is 47.2 Å². The van der Waals surface area contributed by atoms with Gasteiger partial charge < -0.3 is 9.47 Å². The molecule has 3 aromatic rings. The minimum Gasteiger partial charge on any atom is -0.497 e. The summed E-state index contributed by atoms with van der Waals surface area (Å²) in [5.74, 6) is 0.0956. The maximum atomic E-state index is 13.2. The number of hydrogen-bond donors (Lipinski definition) is 0. The highest BCUT2D eigenvalue weighted by atomic mass is 32.2. The molecule has 1 aliphatic rings. The Morgan fingerprint density at radius 3 is 2.33 bits per heavy atom. The Morgan fingerprint density at radius 1 is 1.00 bits per heavy atom. The standard InChI is InChI=1S/C25H31N5O5S/c1-19-4-6-21(7-5-19)15-30-24(25(31)35-3)18-28(12-13-36(30,32)33)16-22-17-29(27-26-22)14-20-8-10-23(34-2)11-9-20/h4-11,17,24H,12-16,18H2,1-3H3. The summed E-state index contributed by atoms with van der Waals surface area (Å²) in [6.45, 7) is 3.45. The molecule has 0 radical (unpaired) electrons. The topological polar surface area (TPSA) is 107 Å². The van der Waals surface area contributed by atoms with Crippen LogP contribution in [0.25, 0.3) is 0 Å². The van der Waals surface area contributed by atoms with Gasteiger partial charge in [-0.2, -0.15) is 4.31 Å². The number of sulfonamides is 1. The van der Waals surface area contributed by atoms with Crippen molar-refractivity contribution in [3.05, 3.63) is 77.1 Å². The van der Waals surface area contributed by atoms with E-state index in [1.807, 2.05) is 66.6 Å². The minimum atomic E-state index is -3.70. The zero-order valence-corrected chi connectivity index (χ0v) is 21.5. The van der Waals surface area contributed by atoms with E-state index in [-0.39, 0.29) is 25.4 Å². The molecule has 1 aromatic heterocycles. The van der Waals surface area contributed by atoms with Gasteiger partial charge in [0.05, 0.1) is 38.4 Å². The molecular weight excluding hydrogens is 482 g/mol. The Bertz CT molecular complexity index is 1270. The van der Waals surface area contributed by atoms with Crippen molar-refractivity contribution < 1.29 is 22.7 Å². The van der Waals surface area contributed by atoms with Crippen molar-refractivity contribution in [3.8, 4) is 5.75 Å². The highest BCUT2D eigenvalue weighted by Gasteiger charge is 2.39. The fourth-order valence-electron chi connectivity index (χ4n) is 4.17.